The van der Waals surface area contributed by atoms with E-state index in [0.29, 0.717) is 0 Å². The zero-order valence-electron chi connectivity index (χ0n) is 6.82. The maximum atomic E-state index is 9.00. The van der Waals surface area contributed by atoms with Gasteiger partial charge in [0.15, 0.2) is 0 Å². The molecule has 0 heterocycles. The minimum absolute atomic E-state index is 0.124. The summed E-state index contributed by atoms with van der Waals surface area (Å²) in [6.45, 7) is 1.63. The van der Waals surface area contributed by atoms with Crippen LogP contribution in [-0.2, 0) is 0 Å². The standard InChI is InChI=1S/C8H16O3/c1-2-3-4-5-7(10)8(11)6-9/h5,8-11H,2-4,6H2,1H3. The quantitative estimate of drug-likeness (QED) is 0.415. The van der Waals surface area contributed by atoms with E-state index in [-0.39, 0.29) is 5.76 Å². The van der Waals surface area contributed by atoms with E-state index in [1.54, 1.807) is 6.08 Å². The molecule has 0 fully saturated rings. The largest absolute Gasteiger partial charge is 0.510 e. The smallest absolute Gasteiger partial charge is 0.133 e. The summed E-state index contributed by atoms with van der Waals surface area (Å²) in [5.41, 5.74) is 0. The third-order valence-electron chi connectivity index (χ3n) is 1.43. The van der Waals surface area contributed by atoms with Gasteiger partial charge in [-0.2, -0.15) is 0 Å². The Morgan fingerprint density at radius 2 is 2.18 bits per heavy atom. The molecule has 1 unspecified atom stereocenters. The van der Waals surface area contributed by atoms with Crippen molar-refractivity contribution in [3.63, 3.8) is 0 Å². The first kappa shape index (κ1) is 10.5. The van der Waals surface area contributed by atoms with E-state index in [9.17, 15) is 0 Å². The van der Waals surface area contributed by atoms with Crippen molar-refractivity contribution in [1.29, 1.82) is 0 Å². The molecule has 0 aliphatic rings. The van der Waals surface area contributed by atoms with Crippen LogP contribution in [0.15, 0.2) is 11.8 Å². The van der Waals surface area contributed by atoms with Crippen molar-refractivity contribution in [1.82, 2.24) is 0 Å². The fourth-order valence-corrected chi connectivity index (χ4v) is 0.684. The van der Waals surface area contributed by atoms with E-state index >= 15 is 0 Å². The zero-order valence-corrected chi connectivity index (χ0v) is 6.82. The van der Waals surface area contributed by atoms with Crippen LogP contribution >= 0.6 is 0 Å². The molecule has 0 aromatic carbocycles. The van der Waals surface area contributed by atoms with Crippen LogP contribution in [-0.4, -0.2) is 28.0 Å². The lowest BCUT2D eigenvalue weighted by atomic mass is 10.2. The van der Waals surface area contributed by atoms with Gasteiger partial charge in [0.1, 0.15) is 11.9 Å². The topological polar surface area (TPSA) is 60.7 Å². The minimum atomic E-state index is -1.10. The number of unbranched alkanes of at least 4 members (excludes halogenated alkanes) is 2. The summed E-state index contributed by atoms with van der Waals surface area (Å²) >= 11 is 0. The normalized spacial score (nSPS) is 15.0. The number of hydrogen-bond acceptors (Lipinski definition) is 3. The van der Waals surface area contributed by atoms with Crippen molar-refractivity contribution in [3.8, 4) is 0 Å². The summed E-state index contributed by atoms with van der Waals surface area (Å²) in [6.07, 6.45) is 3.23. The molecule has 0 saturated carbocycles. The van der Waals surface area contributed by atoms with Gasteiger partial charge in [-0.3, -0.25) is 0 Å². The molecular formula is C8H16O3. The summed E-state index contributed by atoms with van der Waals surface area (Å²) in [7, 11) is 0. The summed E-state index contributed by atoms with van der Waals surface area (Å²) in [5.74, 6) is -0.124. The third-order valence-corrected chi connectivity index (χ3v) is 1.43. The number of hydrogen-bond donors (Lipinski definition) is 3. The second kappa shape index (κ2) is 6.19. The number of rotatable bonds is 5. The molecular weight excluding hydrogens is 144 g/mol. The molecule has 3 heteroatoms. The molecule has 0 spiro atoms. The summed E-state index contributed by atoms with van der Waals surface area (Å²) in [6, 6.07) is 0. The molecule has 0 aliphatic carbocycles. The van der Waals surface area contributed by atoms with Crippen LogP contribution in [0.5, 0.6) is 0 Å². The lowest BCUT2D eigenvalue weighted by Gasteiger charge is -2.04. The highest BCUT2D eigenvalue weighted by molar-refractivity contribution is 4.97. The summed E-state index contributed by atoms with van der Waals surface area (Å²) < 4.78 is 0. The van der Waals surface area contributed by atoms with Crippen molar-refractivity contribution >= 4 is 0 Å². The van der Waals surface area contributed by atoms with Crippen molar-refractivity contribution in [2.24, 2.45) is 0 Å². The number of allylic oxidation sites excluding steroid dienone is 1. The maximum Gasteiger partial charge on any atom is 0.133 e. The van der Waals surface area contributed by atoms with Gasteiger partial charge in [0.25, 0.3) is 0 Å². The number of aliphatic hydroxyl groups excluding tert-OH is 3. The molecule has 11 heavy (non-hydrogen) atoms. The zero-order chi connectivity index (χ0) is 8.69. The lowest BCUT2D eigenvalue weighted by molar-refractivity contribution is 0.0866. The van der Waals surface area contributed by atoms with E-state index in [1.807, 2.05) is 6.92 Å². The second-order valence-electron chi connectivity index (χ2n) is 2.47. The molecule has 0 rings (SSSR count). The van der Waals surface area contributed by atoms with E-state index in [4.69, 9.17) is 15.3 Å². The Morgan fingerprint density at radius 1 is 1.55 bits per heavy atom. The van der Waals surface area contributed by atoms with Gasteiger partial charge in [-0.15, -0.1) is 0 Å². The van der Waals surface area contributed by atoms with Gasteiger partial charge in [-0.05, 0) is 18.9 Å². The highest BCUT2D eigenvalue weighted by Gasteiger charge is 2.05. The number of aliphatic hydroxyl groups is 3. The average molecular weight is 160 g/mol. The van der Waals surface area contributed by atoms with Gasteiger partial charge >= 0.3 is 0 Å². The van der Waals surface area contributed by atoms with Crippen molar-refractivity contribution in [3.05, 3.63) is 11.8 Å². The van der Waals surface area contributed by atoms with E-state index in [1.165, 1.54) is 0 Å². The van der Waals surface area contributed by atoms with Gasteiger partial charge in [0.05, 0.1) is 6.61 Å². The van der Waals surface area contributed by atoms with Gasteiger partial charge in [0.2, 0.25) is 0 Å². The Bertz CT molecular complexity index is 121. The van der Waals surface area contributed by atoms with Crippen LogP contribution in [0.25, 0.3) is 0 Å². The molecule has 0 aromatic rings. The van der Waals surface area contributed by atoms with Gasteiger partial charge in [-0.1, -0.05) is 13.3 Å². The van der Waals surface area contributed by atoms with E-state index in [0.717, 1.165) is 19.3 Å². The monoisotopic (exact) mass is 160 g/mol. The first-order chi connectivity index (χ1) is 5.22. The SMILES string of the molecule is CCCCC=C(O)C(O)CO. The molecule has 3 N–H and O–H groups in total. The van der Waals surface area contributed by atoms with Crippen LogP contribution in [0, 0.1) is 0 Å². The first-order valence-corrected chi connectivity index (χ1v) is 3.90. The molecule has 0 saturated heterocycles. The predicted molar refractivity (Wildman–Crippen MR) is 43.3 cm³/mol. The minimum Gasteiger partial charge on any atom is -0.510 e. The molecule has 0 aromatic heterocycles. The van der Waals surface area contributed by atoms with E-state index in [2.05, 4.69) is 0 Å². The Labute approximate surface area is 67.0 Å². The lowest BCUT2D eigenvalue weighted by Crippen LogP contribution is -2.14. The van der Waals surface area contributed by atoms with Gasteiger partial charge < -0.3 is 15.3 Å². The van der Waals surface area contributed by atoms with Crippen LogP contribution in [0.4, 0.5) is 0 Å². The molecule has 66 valence electrons. The Morgan fingerprint density at radius 3 is 2.64 bits per heavy atom. The van der Waals surface area contributed by atoms with Crippen LogP contribution in [0.1, 0.15) is 26.2 Å². The third kappa shape index (κ3) is 4.81. The fraction of sp³-hybridized carbons (Fsp3) is 0.750. The van der Waals surface area contributed by atoms with Gasteiger partial charge in [-0.25, -0.2) is 0 Å². The fourth-order valence-electron chi connectivity index (χ4n) is 0.684. The predicted octanol–water partition coefficient (Wildman–Crippen LogP) is 0.972. The van der Waals surface area contributed by atoms with Gasteiger partial charge in [0, 0.05) is 0 Å². The highest BCUT2D eigenvalue weighted by Crippen LogP contribution is 2.02. The van der Waals surface area contributed by atoms with Crippen LogP contribution < -0.4 is 0 Å². The Hall–Kier alpha value is -0.540. The molecule has 0 bridgehead atoms. The van der Waals surface area contributed by atoms with Crippen molar-refractivity contribution in [2.45, 2.75) is 32.3 Å². The van der Waals surface area contributed by atoms with Crippen molar-refractivity contribution < 1.29 is 15.3 Å². The van der Waals surface area contributed by atoms with E-state index < -0.39 is 12.7 Å². The highest BCUT2D eigenvalue weighted by atomic mass is 16.3. The molecule has 0 amide bonds. The molecule has 3 nitrogen and oxygen atoms in total. The first-order valence-electron chi connectivity index (χ1n) is 3.90. The maximum absolute atomic E-state index is 9.00. The van der Waals surface area contributed by atoms with Crippen LogP contribution in [0.3, 0.4) is 0 Å². The molecule has 0 aliphatic heterocycles. The Kier molecular flexibility index (Phi) is 5.88. The van der Waals surface area contributed by atoms with Crippen molar-refractivity contribution in [2.75, 3.05) is 6.61 Å². The molecule has 0 radical (unpaired) electrons. The summed E-state index contributed by atoms with van der Waals surface area (Å²) in [4.78, 5) is 0. The van der Waals surface area contributed by atoms with Crippen LogP contribution in [0.2, 0.25) is 0 Å². The Balaban J connectivity index is 3.61. The summed E-state index contributed by atoms with van der Waals surface area (Å²) in [5, 5.41) is 26.3. The molecule has 1 atom stereocenters. The second-order valence-corrected chi connectivity index (χ2v) is 2.47. The average Bonchev–Trinajstić information content (AvgIpc) is 2.03.